The lowest BCUT2D eigenvalue weighted by Crippen LogP contribution is -2.32. The number of carbonyl (C=O) groups is 2. The quantitative estimate of drug-likeness (QED) is 0.522. The molecule has 4 rings (SSSR count). The summed E-state index contributed by atoms with van der Waals surface area (Å²) >= 11 is 12.2. The number of anilines is 1. The van der Waals surface area contributed by atoms with Gasteiger partial charge in [-0.15, -0.1) is 0 Å². The molecule has 0 bridgehead atoms. The Morgan fingerprint density at radius 3 is 2.23 bits per heavy atom. The van der Waals surface area contributed by atoms with Gasteiger partial charge in [-0.25, -0.2) is 0 Å². The first-order chi connectivity index (χ1) is 14.4. The predicted octanol–water partition coefficient (Wildman–Crippen LogP) is 5.69. The Hall–Kier alpha value is -3.08. The minimum Gasteiger partial charge on any atom is -0.350 e. The molecule has 0 saturated heterocycles. The lowest BCUT2D eigenvalue weighted by atomic mass is 10.0. The largest absolute Gasteiger partial charge is 0.350 e. The van der Waals surface area contributed by atoms with E-state index in [-0.39, 0.29) is 24.1 Å². The van der Waals surface area contributed by atoms with Crippen LogP contribution in [0, 0.1) is 6.92 Å². The molecule has 0 spiro atoms. The first kappa shape index (κ1) is 20.2. The molecule has 3 aromatic rings. The van der Waals surface area contributed by atoms with Crippen LogP contribution in [0.1, 0.15) is 16.7 Å². The minimum atomic E-state index is -0.384. The Balaban J connectivity index is 1.72. The van der Waals surface area contributed by atoms with Gasteiger partial charge in [0.15, 0.2) is 0 Å². The predicted molar refractivity (Wildman–Crippen MR) is 120 cm³/mol. The van der Waals surface area contributed by atoms with Gasteiger partial charge in [-0.2, -0.15) is 0 Å². The zero-order valence-corrected chi connectivity index (χ0v) is 17.7. The van der Waals surface area contributed by atoms with Crippen molar-refractivity contribution in [3.05, 3.63) is 105 Å². The highest BCUT2D eigenvalue weighted by Gasteiger charge is 2.39. The van der Waals surface area contributed by atoms with Crippen LogP contribution in [-0.2, 0) is 16.1 Å². The van der Waals surface area contributed by atoms with Gasteiger partial charge >= 0.3 is 0 Å². The van der Waals surface area contributed by atoms with E-state index in [9.17, 15) is 9.59 Å². The average molecular weight is 437 g/mol. The Kier molecular flexibility index (Phi) is 5.62. The van der Waals surface area contributed by atoms with Crippen LogP contribution in [0.15, 0.2) is 78.5 Å². The van der Waals surface area contributed by atoms with Crippen LogP contribution in [0.4, 0.5) is 5.69 Å². The molecular weight excluding hydrogens is 419 g/mol. The van der Waals surface area contributed by atoms with Gasteiger partial charge in [0.25, 0.3) is 11.8 Å². The van der Waals surface area contributed by atoms with Gasteiger partial charge in [-0.05, 0) is 47.9 Å². The van der Waals surface area contributed by atoms with Crippen molar-refractivity contribution in [2.75, 3.05) is 5.32 Å². The molecule has 0 unspecified atom stereocenters. The van der Waals surface area contributed by atoms with E-state index >= 15 is 0 Å². The summed E-state index contributed by atoms with van der Waals surface area (Å²) in [5, 5.41) is 4.30. The zero-order chi connectivity index (χ0) is 21.3. The van der Waals surface area contributed by atoms with E-state index in [1.165, 1.54) is 4.90 Å². The highest BCUT2D eigenvalue weighted by molar-refractivity contribution is 6.36. The van der Waals surface area contributed by atoms with Crippen molar-refractivity contribution in [1.82, 2.24) is 4.90 Å². The first-order valence-corrected chi connectivity index (χ1v) is 10.1. The van der Waals surface area contributed by atoms with Gasteiger partial charge in [-0.3, -0.25) is 14.5 Å². The van der Waals surface area contributed by atoms with E-state index in [1.807, 2.05) is 49.4 Å². The molecule has 4 nitrogen and oxygen atoms in total. The Morgan fingerprint density at radius 1 is 0.867 bits per heavy atom. The number of nitrogens with zero attached hydrogens (tertiary/aromatic N) is 1. The molecule has 0 saturated carbocycles. The van der Waals surface area contributed by atoms with E-state index in [4.69, 9.17) is 23.2 Å². The SMILES string of the molecule is Cc1ccc(NC2=C(c3ccccc3)C(=O)N(Cc3ccc(Cl)cc3)C2=O)cc1Cl. The highest BCUT2D eigenvalue weighted by Crippen LogP contribution is 2.32. The van der Waals surface area contributed by atoms with Gasteiger partial charge in [0, 0.05) is 15.7 Å². The Bertz CT molecular complexity index is 1160. The van der Waals surface area contributed by atoms with E-state index in [0.29, 0.717) is 26.9 Å². The number of hydrogen-bond acceptors (Lipinski definition) is 3. The smallest absolute Gasteiger partial charge is 0.278 e. The minimum absolute atomic E-state index is 0.158. The summed E-state index contributed by atoms with van der Waals surface area (Å²) < 4.78 is 0. The van der Waals surface area contributed by atoms with Crippen molar-refractivity contribution in [1.29, 1.82) is 0 Å². The summed E-state index contributed by atoms with van der Waals surface area (Å²) in [7, 11) is 0. The molecule has 1 N–H and O–H groups in total. The van der Waals surface area contributed by atoms with Gasteiger partial charge in [0.1, 0.15) is 5.70 Å². The molecule has 2 amide bonds. The third-order valence-electron chi connectivity index (χ3n) is 4.93. The molecule has 0 atom stereocenters. The summed E-state index contributed by atoms with van der Waals surface area (Å²) in [4.78, 5) is 27.8. The highest BCUT2D eigenvalue weighted by atomic mass is 35.5. The molecule has 0 aromatic heterocycles. The lowest BCUT2D eigenvalue weighted by molar-refractivity contribution is -0.137. The van der Waals surface area contributed by atoms with Crippen molar-refractivity contribution >= 4 is 46.3 Å². The van der Waals surface area contributed by atoms with Crippen LogP contribution < -0.4 is 5.32 Å². The fourth-order valence-electron chi connectivity index (χ4n) is 3.30. The fraction of sp³-hybridized carbons (Fsp3) is 0.0833. The van der Waals surface area contributed by atoms with Gasteiger partial charge in [0.05, 0.1) is 12.1 Å². The van der Waals surface area contributed by atoms with Crippen LogP contribution in [-0.4, -0.2) is 16.7 Å². The molecular formula is C24H18Cl2N2O2. The van der Waals surface area contributed by atoms with Crippen LogP contribution in [0.25, 0.3) is 5.57 Å². The van der Waals surface area contributed by atoms with Gasteiger partial charge in [0.2, 0.25) is 0 Å². The van der Waals surface area contributed by atoms with E-state index in [0.717, 1.165) is 11.1 Å². The monoisotopic (exact) mass is 436 g/mol. The maximum Gasteiger partial charge on any atom is 0.278 e. The fourth-order valence-corrected chi connectivity index (χ4v) is 3.60. The van der Waals surface area contributed by atoms with Gasteiger partial charge < -0.3 is 5.32 Å². The van der Waals surface area contributed by atoms with Crippen LogP contribution in [0.3, 0.4) is 0 Å². The maximum atomic E-state index is 13.3. The second kappa shape index (κ2) is 8.34. The Labute approximate surface area is 184 Å². The third kappa shape index (κ3) is 3.97. The average Bonchev–Trinajstić information content (AvgIpc) is 2.97. The molecule has 6 heteroatoms. The number of rotatable bonds is 5. The molecule has 150 valence electrons. The van der Waals surface area contributed by atoms with E-state index in [2.05, 4.69) is 5.32 Å². The van der Waals surface area contributed by atoms with Crippen molar-refractivity contribution < 1.29 is 9.59 Å². The molecule has 1 aliphatic rings. The molecule has 0 radical (unpaired) electrons. The number of halogens is 2. The third-order valence-corrected chi connectivity index (χ3v) is 5.58. The number of carbonyl (C=O) groups excluding carboxylic acids is 2. The number of amides is 2. The number of nitrogens with one attached hydrogen (secondary N) is 1. The number of hydrogen-bond donors (Lipinski definition) is 1. The summed E-state index contributed by atoms with van der Waals surface area (Å²) in [6.45, 7) is 2.06. The second-order valence-electron chi connectivity index (χ2n) is 7.03. The molecule has 3 aromatic carbocycles. The maximum absolute atomic E-state index is 13.3. The zero-order valence-electron chi connectivity index (χ0n) is 16.2. The van der Waals surface area contributed by atoms with Crippen molar-refractivity contribution in [2.45, 2.75) is 13.5 Å². The van der Waals surface area contributed by atoms with Crippen molar-refractivity contribution in [3.8, 4) is 0 Å². The second-order valence-corrected chi connectivity index (χ2v) is 7.87. The summed E-state index contributed by atoms with van der Waals surface area (Å²) in [6, 6.07) is 21.7. The van der Waals surface area contributed by atoms with Crippen molar-refractivity contribution in [2.24, 2.45) is 0 Å². The normalized spacial score (nSPS) is 13.9. The van der Waals surface area contributed by atoms with Gasteiger partial charge in [-0.1, -0.05) is 71.7 Å². The number of benzene rings is 3. The standard InChI is InChI=1S/C24H18Cl2N2O2/c1-15-7-12-19(13-20(15)26)27-22-21(17-5-3-2-4-6-17)23(29)28(24(22)30)14-16-8-10-18(25)11-9-16/h2-13,27H,14H2,1H3. The molecule has 0 aliphatic carbocycles. The molecule has 1 aliphatic heterocycles. The molecule has 1 heterocycles. The van der Waals surface area contributed by atoms with E-state index < -0.39 is 0 Å². The molecule has 0 fully saturated rings. The summed E-state index contributed by atoms with van der Waals surface area (Å²) in [6.07, 6.45) is 0. The molecule has 30 heavy (non-hydrogen) atoms. The van der Waals surface area contributed by atoms with Crippen molar-refractivity contribution in [3.63, 3.8) is 0 Å². The number of aryl methyl sites for hydroxylation is 1. The lowest BCUT2D eigenvalue weighted by Gasteiger charge is -2.15. The summed E-state index contributed by atoms with van der Waals surface area (Å²) in [5.41, 5.74) is 3.64. The summed E-state index contributed by atoms with van der Waals surface area (Å²) in [5.74, 6) is -0.729. The van der Waals surface area contributed by atoms with E-state index in [1.54, 1.807) is 30.3 Å². The topological polar surface area (TPSA) is 49.4 Å². The Morgan fingerprint density at radius 2 is 1.57 bits per heavy atom. The number of imide groups is 1. The van der Waals surface area contributed by atoms with Crippen LogP contribution >= 0.6 is 23.2 Å². The first-order valence-electron chi connectivity index (χ1n) is 9.37. The van der Waals surface area contributed by atoms with Crippen LogP contribution in [0.2, 0.25) is 10.0 Å². The van der Waals surface area contributed by atoms with Crippen LogP contribution in [0.5, 0.6) is 0 Å².